The van der Waals surface area contributed by atoms with Crippen LogP contribution in [-0.2, 0) is 4.74 Å². The van der Waals surface area contributed by atoms with Gasteiger partial charge in [-0.2, -0.15) is 0 Å². The average molecular weight is 286 g/mol. The highest BCUT2D eigenvalue weighted by Gasteiger charge is 2.27. The molecule has 1 fully saturated rings. The number of hydrogen-bond acceptors (Lipinski definition) is 4. The Morgan fingerprint density at radius 3 is 2.37 bits per heavy atom. The molecule has 1 saturated heterocycles. The van der Waals surface area contributed by atoms with Crippen LogP contribution in [0, 0.1) is 13.8 Å². The molecule has 1 atom stereocenters. The molecular formula is C14H20ClNO3. The minimum Gasteiger partial charge on any atom is -0.496 e. The lowest BCUT2D eigenvalue weighted by molar-refractivity contribution is 0.0257. The van der Waals surface area contributed by atoms with Crippen LogP contribution < -0.4 is 14.8 Å². The largest absolute Gasteiger partial charge is 0.496 e. The first-order chi connectivity index (χ1) is 9.11. The van der Waals surface area contributed by atoms with Crippen molar-refractivity contribution in [3.63, 3.8) is 0 Å². The van der Waals surface area contributed by atoms with Crippen LogP contribution in [0.25, 0.3) is 0 Å². The second-order valence-corrected chi connectivity index (χ2v) is 4.99. The van der Waals surface area contributed by atoms with Crippen molar-refractivity contribution in [2.24, 2.45) is 0 Å². The molecule has 1 N–H and O–H groups in total. The molecule has 0 amide bonds. The highest BCUT2D eigenvalue weighted by atomic mass is 35.5. The number of hydrogen-bond donors (Lipinski definition) is 1. The lowest BCUT2D eigenvalue weighted by Gasteiger charge is -2.28. The molecule has 106 valence electrons. The van der Waals surface area contributed by atoms with Gasteiger partial charge in [0.2, 0.25) is 0 Å². The molecule has 0 bridgehead atoms. The third-order valence-electron chi connectivity index (χ3n) is 3.52. The van der Waals surface area contributed by atoms with Crippen LogP contribution in [0.2, 0.25) is 5.02 Å². The van der Waals surface area contributed by atoms with Gasteiger partial charge < -0.3 is 19.5 Å². The zero-order valence-electron chi connectivity index (χ0n) is 11.8. The van der Waals surface area contributed by atoms with Crippen molar-refractivity contribution in [2.45, 2.75) is 20.0 Å². The zero-order chi connectivity index (χ0) is 14.0. The predicted molar refractivity (Wildman–Crippen MR) is 75.6 cm³/mol. The maximum absolute atomic E-state index is 6.33. The van der Waals surface area contributed by atoms with Crippen molar-refractivity contribution in [3.05, 3.63) is 21.7 Å². The zero-order valence-corrected chi connectivity index (χ0v) is 12.6. The predicted octanol–water partition coefficient (Wildman–Crippen LogP) is 2.63. The van der Waals surface area contributed by atoms with Gasteiger partial charge in [-0.1, -0.05) is 11.6 Å². The lowest BCUT2D eigenvalue weighted by atomic mass is 9.97. The van der Waals surface area contributed by atoms with Gasteiger partial charge in [0.05, 0.1) is 32.0 Å². The fourth-order valence-electron chi connectivity index (χ4n) is 2.57. The van der Waals surface area contributed by atoms with Gasteiger partial charge in [0.1, 0.15) is 11.5 Å². The molecule has 1 aliphatic heterocycles. The van der Waals surface area contributed by atoms with Crippen molar-refractivity contribution >= 4 is 11.6 Å². The molecule has 1 heterocycles. The number of rotatable bonds is 3. The minimum atomic E-state index is -0.0337. The van der Waals surface area contributed by atoms with Gasteiger partial charge in [-0.15, -0.1) is 0 Å². The smallest absolute Gasteiger partial charge is 0.141 e. The van der Waals surface area contributed by atoms with Crippen molar-refractivity contribution in [2.75, 3.05) is 33.9 Å². The Kier molecular flexibility index (Phi) is 4.55. The van der Waals surface area contributed by atoms with Gasteiger partial charge in [-0.25, -0.2) is 0 Å². The summed E-state index contributed by atoms with van der Waals surface area (Å²) in [6.07, 6.45) is -0.0337. The van der Waals surface area contributed by atoms with Crippen LogP contribution in [-0.4, -0.2) is 33.9 Å². The van der Waals surface area contributed by atoms with E-state index in [0.29, 0.717) is 17.4 Å². The Balaban J connectivity index is 2.59. The van der Waals surface area contributed by atoms with Crippen LogP contribution in [0.5, 0.6) is 11.5 Å². The molecular weight excluding hydrogens is 266 g/mol. The van der Waals surface area contributed by atoms with Gasteiger partial charge in [-0.05, 0) is 13.8 Å². The molecule has 19 heavy (non-hydrogen) atoms. The molecule has 0 radical (unpaired) electrons. The second-order valence-electron chi connectivity index (χ2n) is 4.61. The van der Waals surface area contributed by atoms with E-state index in [-0.39, 0.29) is 6.10 Å². The van der Waals surface area contributed by atoms with Crippen LogP contribution in [0.1, 0.15) is 22.8 Å². The summed E-state index contributed by atoms with van der Waals surface area (Å²) in [6.45, 7) is 6.25. The van der Waals surface area contributed by atoms with E-state index in [1.54, 1.807) is 14.2 Å². The van der Waals surface area contributed by atoms with Crippen molar-refractivity contribution < 1.29 is 14.2 Å². The molecule has 5 heteroatoms. The third-order valence-corrected chi connectivity index (χ3v) is 3.97. The first-order valence-corrected chi connectivity index (χ1v) is 6.72. The lowest BCUT2D eigenvalue weighted by Crippen LogP contribution is -2.34. The Morgan fingerprint density at radius 2 is 1.84 bits per heavy atom. The first-order valence-electron chi connectivity index (χ1n) is 6.34. The van der Waals surface area contributed by atoms with Crippen LogP contribution in [0.3, 0.4) is 0 Å². The van der Waals surface area contributed by atoms with E-state index in [2.05, 4.69) is 5.32 Å². The standard InChI is InChI=1S/C14H20ClNO3/c1-8-11(10-7-16-5-6-19-10)13(17-3)9(2)12(15)14(8)18-4/h10,16H,5-7H2,1-4H3. The van der Waals surface area contributed by atoms with Crippen molar-refractivity contribution in [3.8, 4) is 11.5 Å². The normalized spacial score (nSPS) is 19.3. The van der Waals surface area contributed by atoms with E-state index < -0.39 is 0 Å². The number of methoxy groups -OCH3 is 2. The van der Waals surface area contributed by atoms with E-state index in [9.17, 15) is 0 Å². The molecule has 2 rings (SSSR count). The Hall–Kier alpha value is -0.970. The van der Waals surface area contributed by atoms with Crippen molar-refractivity contribution in [1.29, 1.82) is 0 Å². The van der Waals surface area contributed by atoms with E-state index in [1.165, 1.54) is 0 Å². The highest BCUT2D eigenvalue weighted by molar-refractivity contribution is 6.33. The topological polar surface area (TPSA) is 39.7 Å². The fraction of sp³-hybridized carbons (Fsp3) is 0.571. The first kappa shape index (κ1) is 14.4. The summed E-state index contributed by atoms with van der Waals surface area (Å²) < 4.78 is 16.8. The number of ether oxygens (including phenoxy) is 3. The molecule has 0 saturated carbocycles. The van der Waals surface area contributed by atoms with Crippen molar-refractivity contribution in [1.82, 2.24) is 5.32 Å². The summed E-state index contributed by atoms with van der Waals surface area (Å²) in [4.78, 5) is 0. The van der Waals surface area contributed by atoms with Gasteiger partial charge in [0.25, 0.3) is 0 Å². The molecule has 1 aliphatic rings. The van der Waals surface area contributed by atoms with Gasteiger partial charge in [0, 0.05) is 29.8 Å². The quantitative estimate of drug-likeness (QED) is 0.927. The molecule has 0 spiro atoms. The maximum Gasteiger partial charge on any atom is 0.141 e. The highest BCUT2D eigenvalue weighted by Crippen LogP contribution is 2.44. The van der Waals surface area contributed by atoms with E-state index in [1.807, 2.05) is 13.8 Å². The van der Waals surface area contributed by atoms with Crippen LogP contribution >= 0.6 is 11.6 Å². The number of nitrogens with one attached hydrogen (secondary N) is 1. The Bertz CT molecular complexity index is 470. The third kappa shape index (κ3) is 2.53. The van der Waals surface area contributed by atoms with E-state index in [4.69, 9.17) is 25.8 Å². The average Bonchev–Trinajstić information content (AvgIpc) is 2.44. The second kappa shape index (κ2) is 5.99. The number of halogens is 1. The summed E-state index contributed by atoms with van der Waals surface area (Å²) in [5.74, 6) is 1.49. The molecule has 1 unspecified atom stereocenters. The molecule has 1 aromatic rings. The number of benzene rings is 1. The maximum atomic E-state index is 6.33. The van der Waals surface area contributed by atoms with Gasteiger partial charge in [-0.3, -0.25) is 0 Å². The van der Waals surface area contributed by atoms with Gasteiger partial charge in [0.15, 0.2) is 0 Å². The van der Waals surface area contributed by atoms with E-state index in [0.717, 1.165) is 35.5 Å². The fourth-order valence-corrected chi connectivity index (χ4v) is 2.88. The summed E-state index contributed by atoms with van der Waals surface area (Å²) in [5.41, 5.74) is 2.88. The molecule has 0 aliphatic carbocycles. The molecule has 1 aromatic carbocycles. The number of morpholine rings is 1. The van der Waals surface area contributed by atoms with Crippen LogP contribution in [0.15, 0.2) is 0 Å². The van der Waals surface area contributed by atoms with E-state index >= 15 is 0 Å². The Labute approximate surface area is 119 Å². The monoisotopic (exact) mass is 285 g/mol. The summed E-state index contributed by atoms with van der Waals surface area (Å²) >= 11 is 6.33. The SMILES string of the molecule is COc1c(C)c(C2CNCCO2)c(OC)c(C)c1Cl. The summed E-state index contributed by atoms with van der Waals surface area (Å²) in [5, 5.41) is 3.93. The summed E-state index contributed by atoms with van der Waals surface area (Å²) in [7, 11) is 3.29. The Morgan fingerprint density at radius 1 is 1.16 bits per heavy atom. The van der Waals surface area contributed by atoms with Crippen LogP contribution in [0.4, 0.5) is 0 Å². The summed E-state index contributed by atoms with van der Waals surface area (Å²) in [6, 6.07) is 0. The van der Waals surface area contributed by atoms with Gasteiger partial charge >= 0.3 is 0 Å². The minimum absolute atomic E-state index is 0.0337. The molecule has 4 nitrogen and oxygen atoms in total. The molecule has 0 aromatic heterocycles.